The van der Waals surface area contributed by atoms with Crippen molar-refractivity contribution in [3.63, 3.8) is 0 Å². The maximum atomic E-state index is 12.0. The minimum atomic E-state index is -1.07. The number of aromatic carboxylic acids is 1. The van der Waals surface area contributed by atoms with Gasteiger partial charge in [0.1, 0.15) is 12.3 Å². The van der Waals surface area contributed by atoms with Crippen LogP contribution in [0.25, 0.3) is 0 Å². The number of aromatic nitrogens is 2. The fourth-order valence-electron chi connectivity index (χ4n) is 1.97. The fourth-order valence-corrected chi connectivity index (χ4v) is 1.97. The molecule has 0 fully saturated rings. The number of carbonyl (C=O) groups is 2. The number of amides is 1. The average Bonchev–Trinajstić information content (AvgIpc) is 2.95. The third kappa shape index (κ3) is 3.85. The van der Waals surface area contributed by atoms with Crippen molar-refractivity contribution >= 4 is 11.9 Å². The molecule has 2 aromatic rings. The van der Waals surface area contributed by atoms with Gasteiger partial charge in [0.15, 0.2) is 0 Å². The Morgan fingerprint density at radius 2 is 2.05 bits per heavy atom. The zero-order valence-corrected chi connectivity index (χ0v) is 12.3. The Kier molecular flexibility index (Phi) is 4.77. The third-order valence-corrected chi connectivity index (χ3v) is 3.18. The van der Waals surface area contributed by atoms with E-state index in [2.05, 4.69) is 10.4 Å². The maximum absolute atomic E-state index is 12.0. The van der Waals surface area contributed by atoms with Crippen LogP contribution in [0, 0.1) is 0 Å². The summed E-state index contributed by atoms with van der Waals surface area (Å²) in [5.74, 6) is -0.568. The first kappa shape index (κ1) is 15.6. The van der Waals surface area contributed by atoms with Gasteiger partial charge >= 0.3 is 5.97 Å². The highest BCUT2D eigenvalue weighted by Gasteiger charge is 2.12. The Morgan fingerprint density at radius 3 is 2.59 bits per heavy atom. The summed E-state index contributed by atoms with van der Waals surface area (Å²) < 4.78 is 6.37. The number of nitrogens with zero attached hydrogens (tertiary/aromatic N) is 2. The topological polar surface area (TPSA) is 93.5 Å². The molecule has 22 heavy (non-hydrogen) atoms. The summed E-state index contributed by atoms with van der Waals surface area (Å²) >= 11 is 0. The first-order valence-corrected chi connectivity index (χ1v) is 6.68. The monoisotopic (exact) mass is 303 g/mol. The van der Waals surface area contributed by atoms with E-state index in [1.165, 1.54) is 17.1 Å². The number of carboxylic acids is 1. The Hall–Kier alpha value is -2.83. The number of nitrogens with one attached hydrogen (secondary N) is 1. The van der Waals surface area contributed by atoms with Gasteiger partial charge in [0.05, 0.1) is 24.9 Å². The fraction of sp³-hybridized carbons (Fsp3) is 0.267. The Morgan fingerprint density at radius 1 is 1.36 bits per heavy atom. The highest BCUT2D eigenvalue weighted by Crippen LogP contribution is 2.17. The molecule has 116 valence electrons. The first-order chi connectivity index (χ1) is 10.5. The van der Waals surface area contributed by atoms with Crippen molar-refractivity contribution < 1.29 is 19.4 Å². The molecule has 1 aromatic heterocycles. The highest BCUT2D eigenvalue weighted by molar-refractivity contribution is 5.87. The van der Waals surface area contributed by atoms with Crippen molar-refractivity contribution in [1.29, 1.82) is 0 Å². The molecular weight excluding hydrogens is 286 g/mol. The molecule has 0 spiro atoms. The molecule has 7 heteroatoms. The lowest BCUT2D eigenvalue weighted by Crippen LogP contribution is -2.30. The molecule has 0 aliphatic carbocycles. The van der Waals surface area contributed by atoms with Crippen molar-refractivity contribution in [2.75, 3.05) is 7.11 Å². The highest BCUT2D eigenvalue weighted by atomic mass is 16.5. The summed E-state index contributed by atoms with van der Waals surface area (Å²) in [4.78, 5) is 22.7. The smallest absolute Gasteiger partial charge is 0.338 e. The van der Waals surface area contributed by atoms with E-state index in [4.69, 9.17) is 9.84 Å². The molecule has 2 N–H and O–H groups in total. The summed E-state index contributed by atoms with van der Waals surface area (Å²) in [6.45, 7) is 1.83. The third-order valence-electron chi connectivity index (χ3n) is 3.18. The minimum Gasteiger partial charge on any atom is -0.497 e. The predicted molar refractivity (Wildman–Crippen MR) is 78.7 cm³/mol. The quantitative estimate of drug-likeness (QED) is 0.843. The number of benzene rings is 1. The summed E-state index contributed by atoms with van der Waals surface area (Å²) in [6.07, 6.45) is 2.53. The van der Waals surface area contributed by atoms with E-state index < -0.39 is 5.97 Å². The molecule has 0 saturated heterocycles. The van der Waals surface area contributed by atoms with E-state index in [9.17, 15) is 9.59 Å². The standard InChI is InChI=1S/C15H17N3O4/c1-10(11-3-5-13(22-2)6-4-11)17-14(19)9-18-8-12(7-16-18)15(20)21/h3-8,10H,9H2,1-2H3,(H,17,19)(H,20,21). The lowest BCUT2D eigenvalue weighted by atomic mass is 10.1. The van der Waals surface area contributed by atoms with Crippen LogP contribution < -0.4 is 10.1 Å². The molecule has 1 atom stereocenters. The van der Waals surface area contributed by atoms with E-state index in [1.807, 2.05) is 31.2 Å². The van der Waals surface area contributed by atoms with Gasteiger partial charge in [0, 0.05) is 6.20 Å². The second-order valence-corrected chi connectivity index (χ2v) is 4.79. The summed E-state index contributed by atoms with van der Waals surface area (Å²) in [7, 11) is 1.59. The van der Waals surface area contributed by atoms with Gasteiger partial charge in [-0.3, -0.25) is 9.48 Å². The Bertz CT molecular complexity index is 664. The molecule has 0 radical (unpaired) electrons. The van der Waals surface area contributed by atoms with E-state index in [0.29, 0.717) is 0 Å². The average molecular weight is 303 g/mol. The van der Waals surface area contributed by atoms with Crippen molar-refractivity contribution in [2.45, 2.75) is 19.5 Å². The predicted octanol–water partition coefficient (Wildman–Crippen LogP) is 1.47. The molecule has 0 saturated carbocycles. The zero-order chi connectivity index (χ0) is 16.1. The van der Waals surface area contributed by atoms with E-state index in [0.717, 1.165) is 11.3 Å². The van der Waals surface area contributed by atoms with Gasteiger partial charge in [-0.25, -0.2) is 4.79 Å². The number of hydrogen-bond donors (Lipinski definition) is 2. The summed E-state index contributed by atoms with van der Waals surface area (Å²) in [5.41, 5.74) is 0.997. The van der Waals surface area contributed by atoms with Crippen LogP contribution in [0.15, 0.2) is 36.7 Å². The second-order valence-electron chi connectivity index (χ2n) is 4.79. The normalized spacial score (nSPS) is 11.7. The minimum absolute atomic E-state index is 0.0340. The van der Waals surface area contributed by atoms with Gasteiger partial charge in [-0.05, 0) is 24.6 Å². The Labute approximate surface area is 127 Å². The lowest BCUT2D eigenvalue weighted by Gasteiger charge is -2.14. The van der Waals surface area contributed by atoms with Gasteiger partial charge in [-0.2, -0.15) is 5.10 Å². The number of hydrogen-bond acceptors (Lipinski definition) is 4. The number of carboxylic acid groups (broad SMARTS) is 1. The van der Waals surface area contributed by atoms with Crippen molar-refractivity contribution in [2.24, 2.45) is 0 Å². The van der Waals surface area contributed by atoms with Crippen LogP contribution in [0.4, 0.5) is 0 Å². The zero-order valence-electron chi connectivity index (χ0n) is 12.3. The molecule has 1 aromatic carbocycles. The van der Waals surface area contributed by atoms with Crippen molar-refractivity contribution in [1.82, 2.24) is 15.1 Å². The van der Waals surface area contributed by atoms with Gasteiger partial charge in [-0.1, -0.05) is 12.1 Å². The summed E-state index contributed by atoms with van der Waals surface area (Å²) in [6, 6.07) is 7.23. The van der Waals surface area contributed by atoms with Crippen LogP contribution in [0.2, 0.25) is 0 Å². The van der Waals surface area contributed by atoms with Crippen LogP contribution >= 0.6 is 0 Å². The van der Waals surface area contributed by atoms with E-state index in [1.54, 1.807) is 7.11 Å². The molecule has 0 aliphatic heterocycles. The summed E-state index contributed by atoms with van der Waals surface area (Å²) in [5, 5.41) is 15.5. The molecule has 2 rings (SSSR count). The maximum Gasteiger partial charge on any atom is 0.338 e. The van der Waals surface area contributed by atoms with Crippen LogP contribution in [-0.2, 0) is 11.3 Å². The molecule has 0 bridgehead atoms. The number of methoxy groups -OCH3 is 1. The largest absolute Gasteiger partial charge is 0.497 e. The molecule has 7 nitrogen and oxygen atoms in total. The number of ether oxygens (including phenoxy) is 1. The first-order valence-electron chi connectivity index (χ1n) is 6.68. The van der Waals surface area contributed by atoms with Gasteiger partial charge in [-0.15, -0.1) is 0 Å². The second kappa shape index (κ2) is 6.75. The lowest BCUT2D eigenvalue weighted by molar-refractivity contribution is -0.122. The van der Waals surface area contributed by atoms with Gasteiger partial charge in [0.25, 0.3) is 0 Å². The molecule has 1 amide bonds. The molecular formula is C15H17N3O4. The van der Waals surface area contributed by atoms with Gasteiger partial charge < -0.3 is 15.2 Å². The van der Waals surface area contributed by atoms with Crippen LogP contribution in [0.1, 0.15) is 28.9 Å². The van der Waals surface area contributed by atoms with Crippen molar-refractivity contribution in [3.05, 3.63) is 47.8 Å². The van der Waals surface area contributed by atoms with Crippen LogP contribution in [0.5, 0.6) is 5.75 Å². The Balaban J connectivity index is 1.93. The molecule has 1 unspecified atom stereocenters. The van der Waals surface area contributed by atoms with Crippen molar-refractivity contribution in [3.8, 4) is 5.75 Å². The number of rotatable bonds is 6. The number of carbonyl (C=O) groups excluding carboxylic acids is 1. The van der Waals surface area contributed by atoms with E-state index >= 15 is 0 Å². The van der Waals surface area contributed by atoms with Crippen LogP contribution in [-0.4, -0.2) is 33.9 Å². The SMILES string of the molecule is COc1ccc(C(C)NC(=O)Cn2cc(C(=O)O)cn2)cc1. The molecule has 0 aliphatic rings. The van der Waals surface area contributed by atoms with E-state index in [-0.39, 0.29) is 24.1 Å². The molecule has 1 heterocycles. The van der Waals surface area contributed by atoms with Crippen LogP contribution in [0.3, 0.4) is 0 Å². The van der Waals surface area contributed by atoms with Gasteiger partial charge in [0.2, 0.25) is 5.91 Å².